The fraction of sp³-hybridized carbons (Fsp3) is 0.333. The molecule has 0 bridgehead atoms. The molecule has 27 heavy (non-hydrogen) atoms. The maximum absolute atomic E-state index is 12.7. The summed E-state index contributed by atoms with van der Waals surface area (Å²) in [5, 5.41) is 7.63. The average molecular weight is 406 g/mol. The van der Waals surface area contributed by atoms with Gasteiger partial charge in [0.2, 0.25) is 0 Å². The summed E-state index contributed by atoms with van der Waals surface area (Å²) in [5.74, 6) is 0.970. The zero-order valence-electron chi connectivity index (χ0n) is 15.2. The molecule has 9 heteroatoms. The zero-order valence-corrected chi connectivity index (χ0v) is 16.8. The summed E-state index contributed by atoms with van der Waals surface area (Å²) in [7, 11) is 0. The maximum Gasteiger partial charge on any atom is 0.292 e. The monoisotopic (exact) mass is 405 g/mol. The number of amides is 1. The van der Waals surface area contributed by atoms with Crippen LogP contribution in [0.25, 0.3) is 0 Å². The van der Waals surface area contributed by atoms with Gasteiger partial charge in [-0.25, -0.2) is 4.98 Å². The van der Waals surface area contributed by atoms with Crippen molar-refractivity contribution >= 4 is 46.4 Å². The number of thiocarbonyl (C=S) groups is 1. The normalized spacial score (nSPS) is 16.7. The summed E-state index contributed by atoms with van der Waals surface area (Å²) in [4.78, 5) is 16.8. The van der Waals surface area contributed by atoms with Crippen molar-refractivity contribution in [1.82, 2.24) is 10.4 Å². The number of pyridine rings is 1. The smallest absolute Gasteiger partial charge is 0.292 e. The van der Waals surface area contributed by atoms with Crippen LogP contribution in [0.2, 0.25) is 5.02 Å². The van der Waals surface area contributed by atoms with Crippen molar-refractivity contribution in [2.75, 3.05) is 5.32 Å². The predicted molar refractivity (Wildman–Crippen MR) is 109 cm³/mol. The van der Waals surface area contributed by atoms with Gasteiger partial charge in [0.25, 0.3) is 5.91 Å². The first kappa shape index (κ1) is 19.3. The SMILES string of the molecule is Cc1c(C(=O)Nc2ccc(Cl)cn2)oc2c1/C(=N\NC(N)=S)CC(C)(C)C2. The lowest BCUT2D eigenvalue weighted by atomic mass is 9.75. The summed E-state index contributed by atoms with van der Waals surface area (Å²) >= 11 is 10.7. The summed E-state index contributed by atoms with van der Waals surface area (Å²) < 4.78 is 5.93. The number of rotatable bonds is 3. The third-order valence-electron chi connectivity index (χ3n) is 4.27. The molecular formula is C18H20ClN5O2S. The molecule has 1 amide bonds. The Morgan fingerprint density at radius 1 is 1.41 bits per heavy atom. The van der Waals surface area contributed by atoms with E-state index in [0.29, 0.717) is 23.7 Å². The second-order valence-electron chi connectivity index (χ2n) is 7.22. The summed E-state index contributed by atoms with van der Waals surface area (Å²) in [6, 6.07) is 3.28. The van der Waals surface area contributed by atoms with Crippen LogP contribution in [0.1, 0.15) is 47.7 Å². The highest BCUT2D eigenvalue weighted by Crippen LogP contribution is 2.38. The van der Waals surface area contributed by atoms with Gasteiger partial charge in [-0.15, -0.1) is 0 Å². The zero-order chi connectivity index (χ0) is 19.8. The molecule has 1 aliphatic rings. The van der Waals surface area contributed by atoms with Crippen LogP contribution >= 0.6 is 23.8 Å². The highest BCUT2D eigenvalue weighted by atomic mass is 35.5. The van der Waals surface area contributed by atoms with E-state index in [4.69, 9.17) is 34.0 Å². The van der Waals surface area contributed by atoms with Crippen LogP contribution in [0.5, 0.6) is 0 Å². The van der Waals surface area contributed by atoms with Crippen LogP contribution in [0, 0.1) is 12.3 Å². The van der Waals surface area contributed by atoms with Gasteiger partial charge >= 0.3 is 0 Å². The van der Waals surface area contributed by atoms with Gasteiger partial charge in [0.05, 0.1) is 10.7 Å². The van der Waals surface area contributed by atoms with Crippen LogP contribution < -0.4 is 16.5 Å². The first-order valence-corrected chi connectivity index (χ1v) is 9.12. The molecule has 3 rings (SSSR count). The molecule has 2 aromatic rings. The standard InChI is InChI=1S/C18H20ClN5O2S/c1-9-14-11(23-24-17(20)27)6-18(2,3)7-12(14)26-15(9)16(25)22-13-5-4-10(19)8-21-13/h4-5,8H,6-7H2,1-3H3,(H3,20,24,27)(H,21,22,25)/b23-11-. The lowest BCUT2D eigenvalue weighted by molar-refractivity contribution is 0.0992. The molecule has 7 nitrogen and oxygen atoms in total. The first-order valence-electron chi connectivity index (χ1n) is 8.34. The Morgan fingerprint density at radius 3 is 2.78 bits per heavy atom. The highest BCUT2D eigenvalue weighted by Gasteiger charge is 2.36. The van der Waals surface area contributed by atoms with E-state index in [-0.39, 0.29) is 22.2 Å². The number of hydrogen-bond donors (Lipinski definition) is 3. The minimum atomic E-state index is -0.379. The van der Waals surface area contributed by atoms with Crippen LogP contribution in [-0.4, -0.2) is 21.7 Å². The Hall–Kier alpha value is -2.45. The number of furan rings is 1. The van der Waals surface area contributed by atoms with Crippen molar-refractivity contribution in [3.63, 3.8) is 0 Å². The molecule has 0 atom stereocenters. The lowest BCUT2D eigenvalue weighted by Gasteiger charge is -2.29. The number of carbonyl (C=O) groups excluding carboxylic acids is 1. The van der Waals surface area contributed by atoms with E-state index >= 15 is 0 Å². The van der Waals surface area contributed by atoms with E-state index in [1.807, 2.05) is 6.92 Å². The number of nitrogens with one attached hydrogen (secondary N) is 2. The molecule has 2 heterocycles. The van der Waals surface area contributed by atoms with Crippen molar-refractivity contribution in [3.8, 4) is 0 Å². The van der Waals surface area contributed by atoms with Gasteiger partial charge in [-0.2, -0.15) is 5.10 Å². The minimum Gasteiger partial charge on any atom is -0.455 e. The molecule has 142 valence electrons. The lowest BCUT2D eigenvalue weighted by Crippen LogP contribution is -2.31. The third-order valence-corrected chi connectivity index (χ3v) is 4.58. The first-order chi connectivity index (χ1) is 12.7. The molecule has 0 saturated carbocycles. The fourth-order valence-electron chi connectivity index (χ4n) is 3.17. The van der Waals surface area contributed by atoms with Crippen LogP contribution in [0.4, 0.5) is 5.82 Å². The molecule has 0 fully saturated rings. The topological polar surface area (TPSA) is 106 Å². The summed E-state index contributed by atoms with van der Waals surface area (Å²) in [5.41, 5.74) is 10.4. The van der Waals surface area contributed by atoms with Crippen molar-refractivity contribution in [3.05, 3.63) is 46.0 Å². The van der Waals surface area contributed by atoms with Gasteiger partial charge in [-0.1, -0.05) is 25.4 Å². The number of aromatic nitrogens is 1. The molecule has 4 N–H and O–H groups in total. The number of carbonyl (C=O) groups is 1. The largest absolute Gasteiger partial charge is 0.455 e. The van der Waals surface area contributed by atoms with Gasteiger partial charge in [-0.05, 0) is 43.1 Å². The number of hydrogen-bond acceptors (Lipinski definition) is 5. The number of anilines is 1. The third kappa shape index (κ3) is 4.28. The van der Waals surface area contributed by atoms with Gasteiger partial charge in [-0.3, -0.25) is 10.2 Å². The second-order valence-corrected chi connectivity index (χ2v) is 8.10. The number of hydrazone groups is 1. The Kier molecular flexibility index (Phi) is 5.21. The molecule has 0 radical (unpaired) electrons. The second kappa shape index (κ2) is 7.28. The van der Waals surface area contributed by atoms with Crippen LogP contribution in [0.3, 0.4) is 0 Å². The van der Waals surface area contributed by atoms with Gasteiger partial charge in [0.15, 0.2) is 10.9 Å². The Morgan fingerprint density at radius 2 is 2.15 bits per heavy atom. The molecule has 0 unspecified atom stereocenters. The van der Waals surface area contributed by atoms with Crippen molar-refractivity contribution in [2.24, 2.45) is 16.3 Å². The van der Waals surface area contributed by atoms with E-state index in [0.717, 1.165) is 22.6 Å². The molecule has 1 aliphatic carbocycles. The molecular weight excluding hydrogens is 386 g/mol. The van der Waals surface area contributed by atoms with E-state index in [1.165, 1.54) is 6.20 Å². The number of nitrogens with two attached hydrogens (primary N) is 1. The van der Waals surface area contributed by atoms with Gasteiger partial charge in [0.1, 0.15) is 11.6 Å². The Bertz CT molecular complexity index is 934. The van der Waals surface area contributed by atoms with E-state index in [2.05, 4.69) is 34.7 Å². The van der Waals surface area contributed by atoms with E-state index in [9.17, 15) is 4.79 Å². The fourth-order valence-corrected chi connectivity index (χ4v) is 3.33. The molecule has 0 saturated heterocycles. The molecule has 2 aromatic heterocycles. The van der Waals surface area contributed by atoms with E-state index < -0.39 is 0 Å². The van der Waals surface area contributed by atoms with Crippen molar-refractivity contribution in [1.29, 1.82) is 0 Å². The quantitative estimate of drug-likeness (QED) is 0.533. The van der Waals surface area contributed by atoms with Gasteiger partial charge < -0.3 is 15.5 Å². The summed E-state index contributed by atoms with van der Waals surface area (Å²) in [6.07, 6.45) is 2.86. The summed E-state index contributed by atoms with van der Waals surface area (Å²) in [6.45, 7) is 6.06. The maximum atomic E-state index is 12.7. The molecule has 0 spiro atoms. The van der Waals surface area contributed by atoms with Gasteiger partial charge in [0, 0.05) is 23.7 Å². The Labute approximate surface area is 167 Å². The molecule has 0 aromatic carbocycles. The van der Waals surface area contributed by atoms with Crippen LogP contribution in [-0.2, 0) is 6.42 Å². The predicted octanol–water partition coefficient (Wildman–Crippen LogP) is 3.40. The minimum absolute atomic E-state index is 0.0699. The van der Waals surface area contributed by atoms with Crippen molar-refractivity contribution in [2.45, 2.75) is 33.6 Å². The van der Waals surface area contributed by atoms with Crippen LogP contribution in [0.15, 0.2) is 27.8 Å². The Balaban J connectivity index is 1.95. The number of halogens is 1. The average Bonchev–Trinajstić information content (AvgIpc) is 2.90. The van der Waals surface area contributed by atoms with E-state index in [1.54, 1.807) is 12.1 Å². The molecule has 0 aliphatic heterocycles. The number of fused-ring (bicyclic) bond motifs is 1. The highest BCUT2D eigenvalue weighted by molar-refractivity contribution is 7.80. The number of nitrogens with zero attached hydrogens (tertiary/aromatic N) is 2. The van der Waals surface area contributed by atoms with Crippen molar-refractivity contribution < 1.29 is 9.21 Å².